The Balaban J connectivity index is 1.46. The molecule has 1 aromatic heterocycles. The first-order valence-electron chi connectivity index (χ1n) is 9.81. The molecule has 7 heteroatoms. The quantitative estimate of drug-likeness (QED) is 0.652. The minimum absolute atomic E-state index is 0.0659. The average molecular weight is 405 g/mol. The monoisotopic (exact) mass is 405 g/mol. The lowest BCUT2D eigenvalue weighted by molar-refractivity contribution is -0.138. The zero-order valence-electron chi connectivity index (χ0n) is 16.7. The Morgan fingerprint density at radius 2 is 1.73 bits per heavy atom. The van der Waals surface area contributed by atoms with Crippen molar-refractivity contribution >= 4 is 12.1 Å². The maximum Gasteiger partial charge on any atom is 0.410 e. The van der Waals surface area contributed by atoms with E-state index in [1.165, 1.54) is 4.90 Å². The Morgan fingerprint density at radius 3 is 2.30 bits per heavy atom. The molecule has 1 N–H and O–H groups in total. The SMILES string of the molecule is Cn1cnc(CCN(CC(=O)O)C(=O)OCC2c3ccccc3-c3ccccc32)c1. The summed E-state index contributed by atoms with van der Waals surface area (Å²) in [5, 5.41) is 9.21. The predicted octanol–water partition coefficient (Wildman–Crippen LogP) is 3.30. The zero-order valence-corrected chi connectivity index (χ0v) is 16.7. The predicted molar refractivity (Wildman–Crippen MR) is 111 cm³/mol. The maximum atomic E-state index is 12.7. The lowest BCUT2D eigenvalue weighted by Crippen LogP contribution is -2.38. The van der Waals surface area contributed by atoms with E-state index < -0.39 is 18.6 Å². The van der Waals surface area contributed by atoms with Gasteiger partial charge in [0.25, 0.3) is 0 Å². The normalized spacial score (nSPS) is 12.3. The molecule has 0 fully saturated rings. The van der Waals surface area contributed by atoms with Gasteiger partial charge in [-0.25, -0.2) is 9.78 Å². The first-order chi connectivity index (χ1) is 14.5. The van der Waals surface area contributed by atoms with Crippen molar-refractivity contribution in [2.75, 3.05) is 19.7 Å². The molecule has 1 aliphatic carbocycles. The number of carboxylic acid groups (broad SMARTS) is 1. The zero-order chi connectivity index (χ0) is 21.1. The number of aliphatic carboxylic acids is 1. The van der Waals surface area contributed by atoms with Crippen LogP contribution in [0.15, 0.2) is 61.1 Å². The van der Waals surface area contributed by atoms with Crippen LogP contribution in [0.5, 0.6) is 0 Å². The van der Waals surface area contributed by atoms with Crippen LogP contribution in [-0.4, -0.2) is 51.3 Å². The van der Waals surface area contributed by atoms with Crippen molar-refractivity contribution < 1.29 is 19.4 Å². The molecule has 7 nitrogen and oxygen atoms in total. The fourth-order valence-corrected chi connectivity index (χ4v) is 3.93. The molecule has 0 saturated carbocycles. The molecule has 2 aromatic carbocycles. The summed E-state index contributed by atoms with van der Waals surface area (Å²) in [6.07, 6.45) is 3.34. The fourth-order valence-electron chi connectivity index (χ4n) is 3.93. The Morgan fingerprint density at radius 1 is 1.10 bits per heavy atom. The van der Waals surface area contributed by atoms with Gasteiger partial charge in [-0.2, -0.15) is 0 Å². The number of carbonyl (C=O) groups excluding carboxylic acids is 1. The van der Waals surface area contributed by atoms with E-state index >= 15 is 0 Å². The van der Waals surface area contributed by atoms with E-state index in [1.54, 1.807) is 6.33 Å². The number of rotatable bonds is 7. The number of imidazole rings is 1. The van der Waals surface area contributed by atoms with Gasteiger partial charge in [0.2, 0.25) is 0 Å². The minimum atomic E-state index is -1.08. The second-order valence-corrected chi connectivity index (χ2v) is 7.40. The molecular weight excluding hydrogens is 382 g/mol. The number of fused-ring (bicyclic) bond motifs is 3. The molecule has 0 radical (unpaired) electrons. The third-order valence-corrected chi connectivity index (χ3v) is 5.32. The van der Waals surface area contributed by atoms with Gasteiger partial charge in [0.15, 0.2) is 0 Å². The third-order valence-electron chi connectivity index (χ3n) is 5.32. The van der Waals surface area contributed by atoms with Gasteiger partial charge >= 0.3 is 12.1 Å². The Labute approximate surface area is 174 Å². The van der Waals surface area contributed by atoms with Gasteiger partial charge < -0.3 is 14.4 Å². The van der Waals surface area contributed by atoms with Crippen LogP contribution < -0.4 is 0 Å². The van der Waals surface area contributed by atoms with Crippen LogP contribution >= 0.6 is 0 Å². The fraction of sp³-hybridized carbons (Fsp3) is 0.261. The van der Waals surface area contributed by atoms with Crippen molar-refractivity contribution in [1.82, 2.24) is 14.5 Å². The molecule has 0 bridgehead atoms. The van der Waals surface area contributed by atoms with Gasteiger partial charge in [0.05, 0.1) is 12.0 Å². The van der Waals surface area contributed by atoms with Gasteiger partial charge in [-0.3, -0.25) is 9.69 Å². The van der Waals surface area contributed by atoms with E-state index in [1.807, 2.05) is 54.2 Å². The van der Waals surface area contributed by atoms with Crippen molar-refractivity contribution in [2.45, 2.75) is 12.3 Å². The number of hydrogen-bond donors (Lipinski definition) is 1. The molecule has 0 spiro atoms. The molecule has 1 amide bonds. The van der Waals surface area contributed by atoms with Gasteiger partial charge in [-0.05, 0) is 22.3 Å². The van der Waals surface area contributed by atoms with Crippen LogP contribution in [0.4, 0.5) is 4.79 Å². The number of amides is 1. The van der Waals surface area contributed by atoms with Crippen molar-refractivity contribution in [3.8, 4) is 11.1 Å². The largest absolute Gasteiger partial charge is 0.480 e. The van der Waals surface area contributed by atoms with Crippen LogP contribution in [0.25, 0.3) is 11.1 Å². The molecule has 0 atom stereocenters. The molecule has 30 heavy (non-hydrogen) atoms. The number of ether oxygens (including phenoxy) is 1. The maximum absolute atomic E-state index is 12.7. The van der Waals surface area contributed by atoms with Crippen LogP contribution in [-0.2, 0) is 23.0 Å². The van der Waals surface area contributed by atoms with Crippen LogP contribution in [0.2, 0.25) is 0 Å². The highest BCUT2D eigenvalue weighted by molar-refractivity contribution is 5.79. The summed E-state index contributed by atoms with van der Waals surface area (Å²) in [5.41, 5.74) is 5.31. The number of nitrogens with zero attached hydrogens (tertiary/aromatic N) is 3. The Kier molecular flexibility index (Phi) is 5.52. The average Bonchev–Trinajstić information content (AvgIpc) is 3.30. The summed E-state index contributed by atoms with van der Waals surface area (Å²) < 4.78 is 7.40. The summed E-state index contributed by atoms with van der Waals surface area (Å²) in [7, 11) is 1.86. The summed E-state index contributed by atoms with van der Waals surface area (Å²) in [5.74, 6) is -1.15. The van der Waals surface area contributed by atoms with Gasteiger partial charge in [-0.1, -0.05) is 48.5 Å². The van der Waals surface area contributed by atoms with E-state index in [9.17, 15) is 14.7 Å². The molecule has 0 unspecified atom stereocenters. The van der Waals surface area contributed by atoms with Crippen molar-refractivity contribution in [3.05, 3.63) is 77.9 Å². The van der Waals surface area contributed by atoms with E-state index in [2.05, 4.69) is 17.1 Å². The highest BCUT2D eigenvalue weighted by Gasteiger charge is 2.30. The van der Waals surface area contributed by atoms with Crippen molar-refractivity contribution in [3.63, 3.8) is 0 Å². The first-order valence-corrected chi connectivity index (χ1v) is 9.81. The van der Waals surface area contributed by atoms with Crippen LogP contribution in [0.1, 0.15) is 22.7 Å². The lowest BCUT2D eigenvalue weighted by atomic mass is 9.98. The van der Waals surface area contributed by atoms with Gasteiger partial charge in [-0.15, -0.1) is 0 Å². The third kappa shape index (κ3) is 4.05. The highest BCUT2D eigenvalue weighted by atomic mass is 16.6. The molecule has 4 rings (SSSR count). The van der Waals surface area contributed by atoms with E-state index in [0.717, 1.165) is 27.9 Å². The van der Waals surface area contributed by atoms with E-state index in [-0.39, 0.29) is 19.1 Å². The standard InChI is InChI=1S/C23H23N3O4/c1-25-12-16(24-15-25)10-11-26(13-22(27)28)23(29)30-14-21-19-8-4-2-6-17(19)18-7-3-5-9-20(18)21/h2-9,12,15,21H,10-11,13-14H2,1H3,(H,27,28). The van der Waals surface area contributed by atoms with E-state index in [0.29, 0.717) is 6.42 Å². The number of carboxylic acids is 1. The number of hydrogen-bond acceptors (Lipinski definition) is 4. The lowest BCUT2D eigenvalue weighted by Gasteiger charge is -2.21. The molecule has 0 aliphatic heterocycles. The van der Waals surface area contributed by atoms with E-state index in [4.69, 9.17) is 4.74 Å². The second kappa shape index (κ2) is 8.41. The topological polar surface area (TPSA) is 84.7 Å². The van der Waals surface area contributed by atoms with Gasteiger partial charge in [0, 0.05) is 32.1 Å². The molecular formula is C23H23N3O4. The molecule has 3 aromatic rings. The summed E-state index contributed by atoms with van der Waals surface area (Å²) in [6, 6.07) is 16.2. The Hall–Kier alpha value is -3.61. The van der Waals surface area contributed by atoms with Crippen LogP contribution in [0, 0.1) is 0 Å². The van der Waals surface area contributed by atoms with Crippen LogP contribution in [0.3, 0.4) is 0 Å². The summed E-state index contributed by atoms with van der Waals surface area (Å²) in [6.45, 7) is -0.0317. The highest BCUT2D eigenvalue weighted by Crippen LogP contribution is 2.44. The molecule has 154 valence electrons. The number of benzene rings is 2. The molecule has 1 aliphatic rings. The Bertz CT molecular complexity index is 1030. The summed E-state index contributed by atoms with van der Waals surface area (Å²) in [4.78, 5) is 29.4. The molecule has 0 saturated heterocycles. The van der Waals surface area contributed by atoms with Gasteiger partial charge in [0.1, 0.15) is 13.2 Å². The summed E-state index contributed by atoms with van der Waals surface area (Å²) >= 11 is 0. The number of carbonyl (C=O) groups is 2. The number of aryl methyl sites for hydroxylation is 1. The van der Waals surface area contributed by atoms with Crippen molar-refractivity contribution in [2.24, 2.45) is 7.05 Å². The smallest absolute Gasteiger partial charge is 0.410 e. The molecule has 1 heterocycles. The minimum Gasteiger partial charge on any atom is -0.480 e. The first kappa shape index (κ1) is 19.7. The number of aromatic nitrogens is 2. The second-order valence-electron chi connectivity index (χ2n) is 7.40. The van der Waals surface area contributed by atoms with Crippen molar-refractivity contribution in [1.29, 1.82) is 0 Å².